The van der Waals surface area contributed by atoms with Gasteiger partial charge in [-0.2, -0.15) is 61.5 Å². The highest BCUT2D eigenvalue weighted by Gasteiger charge is 2.79. The largest absolute Gasteiger partial charge is 0.462 e. The van der Waals surface area contributed by atoms with Crippen molar-refractivity contribution in [3.8, 4) is 0 Å². The smallest absolute Gasteiger partial charge is 0.321 e. The first-order valence-corrected chi connectivity index (χ1v) is 6.83. The molecule has 1 amide bonds. The minimum absolute atomic E-state index is 0.114. The second-order valence-corrected chi connectivity index (χ2v) is 5.32. The number of nitrogens with one attached hydrogen (secondary N) is 1. The second kappa shape index (κ2) is 7.42. The third-order valence-electron chi connectivity index (χ3n) is 3.09. The van der Waals surface area contributed by atoms with E-state index in [0.29, 0.717) is 23.5 Å². The van der Waals surface area contributed by atoms with Gasteiger partial charge in [-0.1, -0.05) is 6.07 Å². The fourth-order valence-corrected chi connectivity index (χ4v) is 1.62. The number of rotatable bonds is 5. The highest BCUT2D eigenvalue weighted by molar-refractivity contribution is 5.97. The highest BCUT2D eigenvalue weighted by atomic mass is 19.4. The SMILES string of the molecule is O=C(Nc1cccc(C(F)(F)F)c1)[C@@](F)(OC(F)(F)C(F)(F)C(F)(F)F)C(F)(F)F. The molecule has 0 saturated carbocycles. The lowest BCUT2D eigenvalue weighted by Crippen LogP contribution is -2.62. The van der Waals surface area contributed by atoms with Gasteiger partial charge in [0.1, 0.15) is 0 Å². The van der Waals surface area contributed by atoms with Crippen LogP contribution in [-0.2, 0) is 15.7 Å². The van der Waals surface area contributed by atoms with Crippen molar-refractivity contribution in [1.82, 2.24) is 0 Å². The first kappa shape index (κ1) is 25.7. The standard InChI is InChI=1S/C13H5F14NO2/c14-8(11(20,21)22,30-13(26,27)10(18,19)12(23,24)25)7(29)28-6-3-1-2-5(4-6)9(15,16)17/h1-4H,(H,28,29)/t8-/m1/s1. The zero-order valence-electron chi connectivity index (χ0n) is 13.4. The molecule has 1 rings (SSSR count). The summed E-state index contributed by atoms with van der Waals surface area (Å²) in [6.07, 6.45) is -26.6. The van der Waals surface area contributed by atoms with Crippen molar-refractivity contribution in [2.45, 2.75) is 36.4 Å². The minimum Gasteiger partial charge on any atom is -0.321 e. The molecule has 0 aliphatic rings. The van der Waals surface area contributed by atoms with Gasteiger partial charge in [0.25, 0.3) is 5.91 Å². The molecule has 0 spiro atoms. The zero-order chi connectivity index (χ0) is 24.0. The molecule has 0 aliphatic carbocycles. The van der Waals surface area contributed by atoms with Crippen molar-refractivity contribution in [2.75, 3.05) is 5.32 Å². The lowest BCUT2D eigenvalue weighted by Gasteiger charge is -2.34. The maximum absolute atomic E-state index is 14.0. The van der Waals surface area contributed by atoms with Crippen LogP contribution >= 0.6 is 0 Å². The predicted molar refractivity (Wildman–Crippen MR) is 67.0 cm³/mol. The second-order valence-electron chi connectivity index (χ2n) is 5.32. The van der Waals surface area contributed by atoms with Crippen LogP contribution in [0.25, 0.3) is 0 Å². The molecule has 1 aromatic rings. The minimum atomic E-state index is -7.39. The molecule has 1 N–H and O–H groups in total. The Balaban J connectivity index is 3.35. The molecule has 0 saturated heterocycles. The Kier molecular flexibility index (Phi) is 6.36. The fourth-order valence-electron chi connectivity index (χ4n) is 1.62. The summed E-state index contributed by atoms with van der Waals surface area (Å²) in [5.74, 6) is -17.4. The van der Waals surface area contributed by atoms with E-state index in [9.17, 15) is 66.3 Å². The van der Waals surface area contributed by atoms with Crippen molar-refractivity contribution in [1.29, 1.82) is 0 Å². The van der Waals surface area contributed by atoms with Crippen molar-refractivity contribution < 1.29 is 71.0 Å². The van der Waals surface area contributed by atoms with Crippen molar-refractivity contribution in [3.63, 3.8) is 0 Å². The molecule has 17 heteroatoms. The quantitative estimate of drug-likeness (QED) is 0.560. The molecule has 0 heterocycles. The fraction of sp³-hybridized carbons (Fsp3) is 0.462. The van der Waals surface area contributed by atoms with Crippen LogP contribution in [0.1, 0.15) is 5.56 Å². The Hall–Kier alpha value is -2.33. The molecule has 0 unspecified atom stereocenters. The van der Waals surface area contributed by atoms with Crippen LogP contribution in [0.15, 0.2) is 24.3 Å². The lowest BCUT2D eigenvalue weighted by molar-refractivity contribution is -0.472. The van der Waals surface area contributed by atoms with E-state index < -0.39 is 53.6 Å². The monoisotopic (exact) mass is 473 g/mol. The zero-order valence-corrected chi connectivity index (χ0v) is 13.4. The molecular weight excluding hydrogens is 468 g/mol. The maximum atomic E-state index is 14.0. The molecule has 0 radical (unpaired) electrons. The molecule has 172 valence electrons. The van der Waals surface area contributed by atoms with Gasteiger partial charge in [0.15, 0.2) is 0 Å². The summed E-state index contributed by atoms with van der Waals surface area (Å²) in [6.45, 7) is 0. The van der Waals surface area contributed by atoms with E-state index in [0.717, 1.165) is 0 Å². The molecule has 0 aromatic heterocycles. The normalized spacial score (nSPS) is 16.2. The van der Waals surface area contributed by atoms with Gasteiger partial charge in [-0.25, -0.2) is 0 Å². The van der Waals surface area contributed by atoms with Gasteiger partial charge >= 0.3 is 36.4 Å². The number of carbonyl (C=O) groups is 1. The number of benzene rings is 1. The molecule has 30 heavy (non-hydrogen) atoms. The summed E-state index contributed by atoms with van der Waals surface area (Å²) in [5, 5.41) is 0.696. The van der Waals surface area contributed by atoms with Crippen molar-refractivity contribution in [2.24, 2.45) is 0 Å². The Morgan fingerprint density at radius 1 is 0.767 bits per heavy atom. The van der Waals surface area contributed by atoms with Crippen LogP contribution in [0.3, 0.4) is 0 Å². The molecule has 0 bridgehead atoms. The lowest BCUT2D eigenvalue weighted by atomic mass is 10.1. The van der Waals surface area contributed by atoms with Gasteiger partial charge < -0.3 is 5.32 Å². The predicted octanol–water partition coefficient (Wildman–Crippen LogP) is 5.68. The van der Waals surface area contributed by atoms with Crippen LogP contribution in [0, 0.1) is 0 Å². The number of carbonyl (C=O) groups excluding carboxylic acids is 1. The first-order valence-electron chi connectivity index (χ1n) is 6.83. The van der Waals surface area contributed by atoms with Crippen LogP contribution < -0.4 is 5.32 Å². The van der Waals surface area contributed by atoms with Crippen LogP contribution in [0.5, 0.6) is 0 Å². The van der Waals surface area contributed by atoms with Crippen LogP contribution in [0.4, 0.5) is 67.2 Å². The Morgan fingerprint density at radius 3 is 1.67 bits per heavy atom. The van der Waals surface area contributed by atoms with E-state index >= 15 is 0 Å². The Morgan fingerprint density at radius 2 is 1.27 bits per heavy atom. The third-order valence-corrected chi connectivity index (χ3v) is 3.09. The third kappa shape index (κ3) is 4.86. The van der Waals surface area contributed by atoms with Gasteiger partial charge in [0.2, 0.25) is 0 Å². The number of amides is 1. The number of anilines is 1. The van der Waals surface area contributed by atoms with E-state index in [-0.39, 0.29) is 6.07 Å². The molecule has 1 aromatic carbocycles. The molecule has 0 aliphatic heterocycles. The van der Waals surface area contributed by atoms with Crippen molar-refractivity contribution >= 4 is 11.6 Å². The van der Waals surface area contributed by atoms with Gasteiger partial charge in [-0.3, -0.25) is 9.53 Å². The molecule has 3 nitrogen and oxygen atoms in total. The number of hydrogen-bond acceptors (Lipinski definition) is 2. The average Bonchev–Trinajstić information content (AvgIpc) is 2.51. The summed E-state index contributed by atoms with van der Waals surface area (Å²) in [5.41, 5.74) is -2.94. The molecule has 1 atom stereocenters. The number of alkyl halides is 14. The van der Waals surface area contributed by atoms with E-state index in [2.05, 4.69) is 0 Å². The number of hydrogen-bond donors (Lipinski definition) is 1. The van der Waals surface area contributed by atoms with Gasteiger partial charge in [-0.15, -0.1) is 0 Å². The number of halogens is 14. The van der Waals surface area contributed by atoms with Gasteiger partial charge in [-0.05, 0) is 18.2 Å². The summed E-state index contributed by atoms with van der Waals surface area (Å²) in [6, 6.07) is 1.05. The topological polar surface area (TPSA) is 38.3 Å². The first-order chi connectivity index (χ1) is 13.1. The van der Waals surface area contributed by atoms with E-state index in [1.165, 1.54) is 0 Å². The van der Waals surface area contributed by atoms with Crippen molar-refractivity contribution in [3.05, 3.63) is 29.8 Å². The summed E-state index contributed by atoms with van der Waals surface area (Å²) in [7, 11) is 0. The highest BCUT2D eigenvalue weighted by Crippen LogP contribution is 2.51. The van der Waals surface area contributed by atoms with Gasteiger partial charge in [0.05, 0.1) is 5.56 Å². The van der Waals surface area contributed by atoms with E-state index in [4.69, 9.17) is 0 Å². The summed E-state index contributed by atoms with van der Waals surface area (Å²) in [4.78, 5) is 11.4. The van der Waals surface area contributed by atoms with E-state index in [1.54, 1.807) is 0 Å². The molecular formula is C13H5F14NO2. The average molecular weight is 473 g/mol. The number of ether oxygens (including phenoxy) is 1. The molecule has 0 fully saturated rings. The maximum Gasteiger partial charge on any atom is 0.462 e. The van der Waals surface area contributed by atoms with E-state index in [1.807, 2.05) is 4.74 Å². The van der Waals surface area contributed by atoms with Crippen LogP contribution in [-0.4, -0.2) is 36.1 Å². The van der Waals surface area contributed by atoms with Gasteiger partial charge in [0, 0.05) is 5.69 Å². The summed E-state index contributed by atoms with van der Waals surface area (Å²) < 4.78 is 179. The Bertz CT molecular complexity index is 781. The Labute approximate surface area is 155 Å². The summed E-state index contributed by atoms with van der Waals surface area (Å²) >= 11 is 0. The van der Waals surface area contributed by atoms with Crippen LogP contribution in [0.2, 0.25) is 0 Å².